The first-order chi connectivity index (χ1) is 13.5. The summed E-state index contributed by atoms with van der Waals surface area (Å²) in [5.74, 6) is 1.45. The standard InChI is InChI=1S/C21H25N5OS/c1-14(2)19-23-17-13-26(10-9-18(17)25(19)3)21(27)24-20-22-12-16(28-20)11-15-7-5-4-6-8-15/h4-8,12,14H,9-11,13H2,1-3H3,(H,22,24,27). The molecule has 1 aliphatic rings. The van der Waals surface area contributed by atoms with E-state index in [2.05, 4.69) is 47.9 Å². The highest BCUT2D eigenvalue weighted by Gasteiger charge is 2.26. The number of urea groups is 1. The Balaban J connectivity index is 1.40. The number of rotatable bonds is 4. The number of carbonyl (C=O) groups excluding carboxylic acids is 1. The summed E-state index contributed by atoms with van der Waals surface area (Å²) in [7, 11) is 2.07. The summed E-state index contributed by atoms with van der Waals surface area (Å²) in [6.07, 6.45) is 3.50. The van der Waals surface area contributed by atoms with Crippen molar-refractivity contribution in [1.29, 1.82) is 0 Å². The van der Waals surface area contributed by atoms with Gasteiger partial charge in [-0.25, -0.2) is 14.8 Å². The van der Waals surface area contributed by atoms with Crippen molar-refractivity contribution >= 4 is 22.5 Å². The number of nitrogens with zero attached hydrogens (tertiary/aromatic N) is 4. The molecule has 0 saturated heterocycles. The molecule has 2 aromatic heterocycles. The van der Waals surface area contributed by atoms with Gasteiger partial charge in [0, 0.05) is 49.1 Å². The molecule has 146 valence electrons. The monoisotopic (exact) mass is 395 g/mol. The van der Waals surface area contributed by atoms with Gasteiger partial charge in [0.25, 0.3) is 0 Å². The number of fused-ring (bicyclic) bond motifs is 1. The van der Waals surface area contributed by atoms with Crippen LogP contribution in [0.3, 0.4) is 0 Å². The maximum absolute atomic E-state index is 12.7. The molecule has 0 saturated carbocycles. The molecule has 0 radical (unpaired) electrons. The van der Waals surface area contributed by atoms with E-state index in [0.717, 1.165) is 29.2 Å². The minimum absolute atomic E-state index is 0.108. The highest BCUT2D eigenvalue weighted by Crippen LogP contribution is 2.25. The summed E-state index contributed by atoms with van der Waals surface area (Å²) in [5.41, 5.74) is 3.49. The molecular weight excluding hydrogens is 370 g/mol. The first-order valence-electron chi connectivity index (χ1n) is 9.60. The lowest BCUT2D eigenvalue weighted by Gasteiger charge is -2.26. The van der Waals surface area contributed by atoms with Crippen LogP contribution in [0.2, 0.25) is 0 Å². The Hall–Kier alpha value is -2.67. The van der Waals surface area contributed by atoms with Gasteiger partial charge in [-0.3, -0.25) is 5.32 Å². The molecule has 0 spiro atoms. The second kappa shape index (κ2) is 7.75. The Bertz CT molecular complexity index is 976. The van der Waals surface area contributed by atoms with E-state index >= 15 is 0 Å². The number of thiazole rings is 1. The van der Waals surface area contributed by atoms with E-state index in [-0.39, 0.29) is 6.03 Å². The van der Waals surface area contributed by atoms with Crippen LogP contribution in [-0.4, -0.2) is 32.0 Å². The van der Waals surface area contributed by atoms with Crippen LogP contribution in [0.15, 0.2) is 36.5 Å². The predicted octanol–water partition coefficient (Wildman–Crippen LogP) is 4.18. The number of nitrogens with one attached hydrogen (secondary N) is 1. The Morgan fingerprint density at radius 3 is 2.82 bits per heavy atom. The fourth-order valence-electron chi connectivity index (χ4n) is 3.65. The van der Waals surface area contributed by atoms with Crippen molar-refractivity contribution in [3.63, 3.8) is 0 Å². The molecule has 2 amide bonds. The topological polar surface area (TPSA) is 63.1 Å². The van der Waals surface area contributed by atoms with E-state index in [4.69, 9.17) is 4.98 Å². The van der Waals surface area contributed by atoms with Gasteiger partial charge in [0.15, 0.2) is 5.13 Å². The van der Waals surface area contributed by atoms with E-state index < -0.39 is 0 Å². The van der Waals surface area contributed by atoms with Crippen molar-refractivity contribution in [1.82, 2.24) is 19.4 Å². The van der Waals surface area contributed by atoms with E-state index in [1.165, 1.54) is 22.6 Å². The van der Waals surface area contributed by atoms with Crippen molar-refractivity contribution in [2.45, 2.75) is 39.2 Å². The van der Waals surface area contributed by atoms with Crippen molar-refractivity contribution in [2.24, 2.45) is 7.05 Å². The fraction of sp³-hybridized carbons (Fsp3) is 0.381. The van der Waals surface area contributed by atoms with Crippen LogP contribution in [0.25, 0.3) is 0 Å². The summed E-state index contributed by atoms with van der Waals surface area (Å²) >= 11 is 1.53. The third kappa shape index (κ3) is 3.80. The molecule has 4 rings (SSSR count). The van der Waals surface area contributed by atoms with Crippen LogP contribution in [-0.2, 0) is 26.4 Å². The van der Waals surface area contributed by atoms with Gasteiger partial charge in [-0.05, 0) is 5.56 Å². The zero-order valence-corrected chi connectivity index (χ0v) is 17.3. The van der Waals surface area contributed by atoms with Crippen molar-refractivity contribution < 1.29 is 4.79 Å². The van der Waals surface area contributed by atoms with Crippen LogP contribution < -0.4 is 5.32 Å². The molecule has 1 aromatic carbocycles. The normalized spacial score (nSPS) is 13.6. The second-order valence-corrected chi connectivity index (χ2v) is 8.59. The minimum Gasteiger partial charge on any atom is -0.334 e. The third-order valence-corrected chi connectivity index (χ3v) is 6.00. The van der Waals surface area contributed by atoms with Crippen LogP contribution in [0.5, 0.6) is 0 Å². The third-order valence-electron chi connectivity index (χ3n) is 5.08. The summed E-state index contributed by atoms with van der Waals surface area (Å²) in [4.78, 5) is 24.8. The molecule has 3 aromatic rings. The SMILES string of the molecule is CC(C)c1nc2c(n1C)CCN(C(=O)Nc1ncc(Cc3ccccc3)s1)C2. The molecule has 0 atom stereocenters. The molecule has 0 bridgehead atoms. The maximum atomic E-state index is 12.7. The Morgan fingerprint density at radius 2 is 2.07 bits per heavy atom. The Kier molecular flexibility index (Phi) is 5.17. The number of anilines is 1. The quantitative estimate of drug-likeness (QED) is 0.721. The lowest BCUT2D eigenvalue weighted by Crippen LogP contribution is -2.39. The van der Waals surface area contributed by atoms with Crippen molar-refractivity contribution in [3.8, 4) is 0 Å². The molecular formula is C21H25N5OS. The zero-order valence-electron chi connectivity index (χ0n) is 16.5. The molecule has 3 heterocycles. The van der Waals surface area contributed by atoms with Gasteiger partial charge >= 0.3 is 6.03 Å². The van der Waals surface area contributed by atoms with Gasteiger partial charge < -0.3 is 9.47 Å². The summed E-state index contributed by atoms with van der Waals surface area (Å²) in [6.45, 7) is 5.53. The molecule has 0 aliphatic carbocycles. The van der Waals surface area contributed by atoms with Crippen LogP contribution in [0.1, 0.15) is 47.4 Å². The minimum atomic E-state index is -0.108. The van der Waals surface area contributed by atoms with E-state index in [1.807, 2.05) is 29.3 Å². The van der Waals surface area contributed by atoms with Crippen LogP contribution in [0.4, 0.5) is 9.93 Å². The first kappa shape index (κ1) is 18.7. The van der Waals surface area contributed by atoms with Crippen molar-refractivity contribution in [3.05, 3.63) is 64.2 Å². The highest BCUT2D eigenvalue weighted by molar-refractivity contribution is 7.15. The number of imidazole rings is 1. The molecule has 1 N–H and O–H groups in total. The molecule has 1 aliphatic heterocycles. The molecule has 28 heavy (non-hydrogen) atoms. The van der Waals surface area contributed by atoms with E-state index in [1.54, 1.807) is 0 Å². The largest absolute Gasteiger partial charge is 0.334 e. The molecule has 7 heteroatoms. The molecule has 0 unspecified atom stereocenters. The molecule has 0 fully saturated rings. The van der Waals surface area contributed by atoms with Gasteiger partial charge in [-0.15, -0.1) is 11.3 Å². The van der Waals surface area contributed by atoms with Gasteiger partial charge in [-0.1, -0.05) is 44.2 Å². The summed E-state index contributed by atoms with van der Waals surface area (Å²) in [5, 5.41) is 3.60. The van der Waals surface area contributed by atoms with E-state index in [0.29, 0.717) is 24.1 Å². The second-order valence-electron chi connectivity index (χ2n) is 7.47. The number of benzene rings is 1. The molecule has 6 nitrogen and oxygen atoms in total. The Morgan fingerprint density at radius 1 is 1.29 bits per heavy atom. The van der Waals surface area contributed by atoms with Gasteiger partial charge in [0.1, 0.15) is 5.82 Å². The lowest BCUT2D eigenvalue weighted by molar-refractivity contribution is 0.205. The van der Waals surface area contributed by atoms with Crippen LogP contribution >= 0.6 is 11.3 Å². The zero-order chi connectivity index (χ0) is 19.7. The first-order valence-corrected chi connectivity index (χ1v) is 10.4. The lowest BCUT2D eigenvalue weighted by atomic mass is 10.1. The van der Waals surface area contributed by atoms with Crippen molar-refractivity contribution in [2.75, 3.05) is 11.9 Å². The number of hydrogen-bond acceptors (Lipinski definition) is 4. The average molecular weight is 396 g/mol. The summed E-state index contributed by atoms with van der Waals surface area (Å²) < 4.78 is 2.19. The van der Waals surface area contributed by atoms with Gasteiger partial charge in [0.2, 0.25) is 0 Å². The maximum Gasteiger partial charge on any atom is 0.324 e. The number of amides is 2. The number of carbonyl (C=O) groups is 1. The Labute approximate surface area is 169 Å². The highest BCUT2D eigenvalue weighted by atomic mass is 32.1. The number of hydrogen-bond donors (Lipinski definition) is 1. The predicted molar refractivity (Wildman–Crippen MR) is 112 cm³/mol. The van der Waals surface area contributed by atoms with E-state index in [9.17, 15) is 4.79 Å². The van der Waals surface area contributed by atoms with Crippen LogP contribution in [0, 0.1) is 0 Å². The summed E-state index contributed by atoms with van der Waals surface area (Å²) in [6, 6.07) is 10.2. The number of aromatic nitrogens is 3. The fourth-order valence-corrected chi connectivity index (χ4v) is 4.49. The smallest absolute Gasteiger partial charge is 0.324 e. The average Bonchev–Trinajstić information content (AvgIpc) is 3.26. The van der Waals surface area contributed by atoms with Gasteiger partial charge in [-0.2, -0.15) is 0 Å². The van der Waals surface area contributed by atoms with Gasteiger partial charge in [0.05, 0.1) is 12.2 Å².